The molecule has 0 radical (unpaired) electrons. The molecule has 0 atom stereocenters. The average Bonchev–Trinajstić information content (AvgIpc) is 3.28. The molecule has 0 saturated carbocycles. The van der Waals surface area contributed by atoms with E-state index in [1.54, 1.807) is 0 Å². The number of alkyl halides is 7. The Hall–Kier alpha value is -3.38. The van der Waals surface area contributed by atoms with Crippen LogP contribution in [-0.4, -0.2) is 25.5 Å². The number of anilines is 1. The van der Waals surface area contributed by atoms with Crippen LogP contribution in [0.15, 0.2) is 42.7 Å². The Morgan fingerprint density at radius 2 is 1.84 bits per heavy atom. The fraction of sp³-hybridized carbons (Fsp3) is 0.278. The topological polar surface area (TPSA) is 64.7 Å². The Morgan fingerprint density at radius 1 is 1.10 bits per heavy atom. The van der Waals surface area contributed by atoms with E-state index in [0.29, 0.717) is 16.3 Å². The fourth-order valence-electron chi connectivity index (χ4n) is 2.75. The Labute approximate surface area is 170 Å². The van der Waals surface area contributed by atoms with E-state index in [9.17, 15) is 35.5 Å². The molecular weight excluding hydrogens is 435 g/mol. The van der Waals surface area contributed by atoms with Gasteiger partial charge in [0.05, 0.1) is 24.0 Å². The Balaban J connectivity index is 1.66. The summed E-state index contributed by atoms with van der Waals surface area (Å²) in [7, 11) is 0. The first-order valence-corrected chi connectivity index (χ1v) is 8.65. The summed E-state index contributed by atoms with van der Waals surface area (Å²) in [6, 6.07) is 5.14. The zero-order valence-corrected chi connectivity index (χ0v) is 15.5. The number of aromatic nitrogens is 4. The van der Waals surface area contributed by atoms with Gasteiger partial charge in [0.25, 0.3) is 12.9 Å². The largest absolute Gasteiger partial charge is 0.416 e. The van der Waals surface area contributed by atoms with E-state index >= 15 is 0 Å². The number of carbonyl (C=O) groups excluding carboxylic acids is 1. The molecule has 0 aliphatic heterocycles. The van der Waals surface area contributed by atoms with Crippen molar-refractivity contribution in [3.63, 3.8) is 0 Å². The Morgan fingerprint density at radius 3 is 2.48 bits per heavy atom. The molecule has 1 aromatic carbocycles. The standard InChI is InChI=1S/C18H14F7N5O/c19-16(20)13-5-14(17(21)22)30(28-13)9-15(31)27-12-6-26-29(8-12)7-10-2-1-3-11(4-10)18(23,24)25/h1-6,8,16-17H,7,9H2,(H,27,31). The second-order valence-corrected chi connectivity index (χ2v) is 6.43. The molecular formula is C18H14F7N5O. The highest BCUT2D eigenvalue weighted by Gasteiger charge is 2.30. The number of hydrogen-bond acceptors (Lipinski definition) is 3. The first-order valence-electron chi connectivity index (χ1n) is 8.65. The van der Waals surface area contributed by atoms with Gasteiger partial charge in [0.15, 0.2) is 0 Å². The SMILES string of the molecule is O=C(Cn1nc(C(F)F)cc1C(F)F)Nc1cnn(Cc2cccc(C(F)(F)F)c2)c1. The van der Waals surface area contributed by atoms with E-state index in [-0.39, 0.29) is 12.2 Å². The summed E-state index contributed by atoms with van der Waals surface area (Å²) < 4.78 is 91.4. The van der Waals surface area contributed by atoms with Crippen LogP contribution in [0.5, 0.6) is 0 Å². The molecule has 0 saturated heterocycles. The lowest BCUT2D eigenvalue weighted by molar-refractivity contribution is -0.137. The van der Waals surface area contributed by atoms with Gasteiger partial charge in [-0.3, -0.25) is 14.2 Å². The number of nitrogens with one attached hydrogen (secondary N) is 1. The van der Waals surface area contributed by atoms with Gasteiger partial charge >= 0.3 is 6.18 Å². The van der Waals surface area contributed by atoms with Crippen LogP contribution >= 0.6 is 0 Å². The minimum atomic E-state index is -4.49. The first kappa shape index (κ1) is 22.3. The van der Waals surface area contributed by atoms with Gasteiger partial charge in [-0.25, -0.2) is 17.6 Å². The maximum Gasteiger partial charge on any atom is 0.416 e. The molecule has 0 spiro atoms. The second-order valence-electron chi connectivity index (χ2n) is 6.43. The van der Waals surface area contributed by atoms with E-state index in [4.69, 9.17) is 0 Å². The van der Waals surface area contributed by atoms with Gasteiger partial charge in [0.1, 0.15) is 17.9 Å². The molecule has 0 unspecified atom stereocenters. The average molecular weight is 449 g/mol. The third-order valence-corrected chi connectivity index (χ3v) is 4.09. The summed E-state index contributed by atoms with van der Waals surface area (Å²) in [4.78, 5) is 12.1. The van der Waals surface area contributed by atoms with Crippen molar-refractivity contribution in [3.8, 4) is 0 Å². The first-order chi connectivity index (χ1) is 14.5. The smallest absolute Gasteiger partial charge is 0.322 e. The van der Waals surface area contributed by atoms with E-state index in [0.717, 1.165) is 12.1 Å². The molecule has 3 aromatic rings. The quantitative estimate of drug-likeness (QED) is 0.534. The maximum absolute atomic E-state index is 13.0. The summed E-state index contributed by atoms with van der Waals surface area (Å²) in [5, 5.41) is 9.57. The van der Waals surface area contributed by atoms with E-state index in [1.807, 2.05) is 0 Å². The van der Waals surface area contributed by atoms with Gasteiger partial charge < -0.3 is 5.32 Å². The molecule has 0 bridgehead atoms. The molecule has 1 N–H and O–H groups in total. The third-order valence-electron chi connectivity index (χ3n) is 4.09. The molecule has 6 nitrogen and oxygen atoms in total. The van der Waals surface area contributed by atoms with Crippen molar-refractivity contribution in [2.45, 2.75) is 32.1 Å². The third kappa shape index (κ3) is 5.61. The van der Waals surface area contributed by atoms with Crippen molar-refractivity contribution in [2.24, 2.45) is 0 Å². The van der Waals surface area contributed by atoms with Gasteiger partial charge in [-0.1, -0.05) is 12.1 Å². The molecule has 1 amide bonds. The van der Waals surface area contributed by atoms with Crippen LogP contribution < -0.4 is 5.32 Å². The molecule has 0 aliphatic carbocycles. The summed E-state index contributed by atoms with van der Waals surface area (Å²) in [6.07, 6.45) is -8.15. The lowest BCUT2D eigenvalue weighted by Gasteiger charge is -2.09. The molecule has 3 rings (SSSR count). The van der Waals surface area contributed by atoms with Crippen molar-refractivity contribution < 1.29 is 35.5 Å². The molecule has 13 heteroatoms. The highest BCUT2D eigenvalue weighted by atomic mass is 19.4. The molecule has 0 fully saturated rings. The fourth-order valence-corrected chi connectivity index (χ4v) is 2.75. The van der Waals surface area contributed by atoms with Crippen molar-refractivity contribution >= 4 is 11.6 Å². The Kier molecular flexibility index (Phi) is 6.32. The second kappa shape index (κ2) is 8.78. The maximum atomic E-state index is 13.0. The molecule has 2 aromatic heterocycles. The van der Waals surface area contributed by atoms with E-state index < -0.39 is 48.4 Å². The van der Waals surface area contributed by atoms with Crippen LogP contribution in [0.3, 0.4) is 0 Å². The summed E-state index contributed by atoms with van der Waals surface area (Å²) in [5.74, 6) is -0.829. The van der Waals surface area contributed by atoms with Gasteiger partial charge in [0, 0.05) is 6.20 Å². The number of nitrogens with zero attached hydrogens (tertiary/aromatic N) is 4. The van der Waals surface area contributed by atoms with Crippen molar-refractivity contribution in [3.05, 3.63) is 65.2 Å². The number of halogens is 7. The normalized spacial score (nSPS) is 12.0. The van der Waals surface area contributed by atoms with Crippen molar-refractivity contribution in [2.75, 3.05) is 5.32 Å². The summed E-state index contributed by atoms with van der Waals surface area (Å²) in [5.41, 5.74) is -2.07. The van der Waals surface area contributed by atoms with Gasteiger partial charge in [-0.15, -0.1) is 0 Å². The molecule has 2 heterocycles. The number of carbonyl (C=O) groups is 1. The lowest BCUT2D eigenvalue weighted by Crippen LogP contribution is -2.21. The van der Waals surface area contributed by atoms with Gasteiger partial charge in [0.2, 0.25) is 5.91 Å². The number of amides is 1. The zero-order valence-electron chi connectivity index (χ0n) is 15.5. The van der Waals surface area contributed by atoms with Crippen LogP contribution in [0.25, 0.3) is 0 Å². The predicted molar refractivity (Wildman–Crippen MR) is 93.5 cm³/mol. The Bertz CT molecular complexity index is 1060. The number of rotatable bonds is 7. The van der Waals surface area contributed by atoms with Crippen LogP contribution in [-0.2, 0) is 24.1 Å². The molecule has 166 valence electrons. The predicted octanol–water partition coefficient (Wildman–Crippen LogP) is 4.66. The highest BCUT2D eigenvalue weighted by molar-refractivity contribution is 5.90. The van der Waals surface area contributed by atoms with Crippen LogP contribution in [0.4, 0.5) is 36.4 Å². The van der Waals surface area contributed by atoms with Crippen LogP contribution in [0.2, 0.25) is 0 Å². The van der Waals surface area contributed by atoms with Crippen molar-refractivity contribution in [1.82, 2.24) is 19.6 Å². The monoisotopic (exact) mass is 449 g/mol. The summed E-state index contributed by atoms with van der Waals surface area (Å²) >= 11 is 0. The zero-order chi connectivity index (χ0) is 22.8. The van der Waals surface area contributed by atoms with E-state index in [1.165, 1.54) is 29.2 Å². The molecule has 31 heavy (non-hydrogen) atoms. The minimum absolute atomic E-state index is 0.0216. The summed E-state index contributed by atoms with van der Waals surface area (Å²) in [6.45, 7) is -0.766. The minimum Gasteiger partial charge on any atom is -0.322 e. The van der Waals surface area contributed by atoms with Crippen LogP contribution in [0.1, 0.15) is 35.4 Å². The van der Waals surface area contributed by atoms with Gasteiger partial charge in [-0.2, -0.15) is 23.4 Å². The van der Waals surface area contributed by atoms with Crippen LogP contribution in [0, 0.1) is 0 Å². The van der Waals surface area contributed by atoms with Crippen molar-refractivity contribution in [1.29, 1.82) is 0 Å². The molecule has 0 aliphatic rings. The van der Waals surface area contributed by atoms with E-state index in [2.05, 4.69) is 15.5 Å². The van der Waals surface area contributed by atoms with Gasteiger partial charge in [-0.05, 0) is 23.8 Å². The number of hydrogen-bond donors (Lipinski definition) is 1. The highest BCUT2D eigenvalue weighted by Crippen LogP contribution is 2.29. The number of benzene rings is 1. The lowest BCUT2D eigenvalue weighted by atomic mass is 10.1.